The Labute approximate surface area is 186 Å². The summed E-state index contributed by atoms with van der Waals surface area (Å²) in [4.78, 5) is 38.5. The molecule has 0 bridgehead atoms. The number of esters is 1. The van der Waals surface area contributed by atoms with Gasteiger partial charge in [0, 0.05) is 28.3 Å². The van der Waals surface area contributed by atoms with Crippen LogP contribution in [0.25, 0.3) is 22.3 Å². The number of benzene rings is 3. The molecule has 6 nitrogen and oxygen atoms in total. The number of hydrogen-bond acceptors (Lipinski definition) is 6. The van der Waals surface area contributed by atoms with E-state index in [4.69, 9.17) is 20.8 Å². The number of fused-ring (bicyclic) bond motifs is 3. The molecule has 5 rings (SSSR count). The summed E-state index contributed by atoms with van der Waals surface area (Å²) in [5, 5.41) is 10.9. The smallest absolute Gasteiger partial charge is 0.312 e. The molecule has 0 saturated carbocycles. The van der Waals surface area contributed by atoms with Gasteiger partial charge in [0.25, 0.3) is 0 Å². The van der Waals surface area contributed by atoms with E-state index in [2.05, 4.69) is 0 Å². The maximum absolute atomic E-state index is 13.4. The lowest BCUT2D eigenvalue weighted by molar-refractivity contribution is -0.135. The van der Waals surface area contributed by atoms with E-state index in [1.165, 1.54) is 12.1 Å². The second-order valence-electron chi connectivity index (χ2n) is 7.45. The fourth-order valence-electron chi connectivity index (χ4n) is 3.94. The minimum atomic E-state index is -0.954. The van der Waals surface area contributed by atoms with Gasteiger partial charge in [0.15, 0.2) is 11.2 Å². The number of halogens is 1. The Morgan fingerprint density at radius 1 is 1.00 bits per heavy atom. The van der Waals surface area contributed by atoms with Crippen molar-refractivity contribution in [2.45, 2.75) is 12.3 Å². The maximum Gasteiger partial charge on any atom is 0.312 e. The molecule has 1 unspecified atom stereocenters. The zero-order chi connectivity index (χ0) is 22.4. The van der Waals surface area contributed by atoms with Crippen LogP contribution >= 0.6 is 11.6 Å². The molecular formula is C25H15ClO6. The minimum absolute atomic E-state index is 0.00748. The van der Waals surface area contributed by atoms with Crippen molar-refractivity contribution in [3.05, 3.63) is 93.1 Å². The van der Waals surface area contributed by atoms with E-state index in [-0.39, 0.29) is 46.0 Å². The van der Waals surface area contributed by atoms with Crippen LogP contribution in [-0.4, -0.2) is 16.9 Å². The van der Waals surface area contributed by atoms with Crippen molar-refractivity contribution in [2.75, 3.05) is 0 Å². The van der Waals surface area contributed by atoms with Crippen molar-refractivity contribution in [1.29, 1.82) is 0 Å². The molecule has 4 aromatic rings. The normalized spacial score (nSPS) is 15.3. The van der Waals surface area contributed by atoms with Gasteiger partial charge >= 0.3 is 5.97 Å². The lowest BCUT2D eigenvalue weighted by Gasteiger charge is -2.25. The molecule has 0 spiro atoms. The molecule has 0 fully saturated rings. The Bertz CT molecular complexity index is 1440. The molecular weight excluding hydrogens is 432 g/mol. The number of phenols is 1. The SMILES string of the molecule is O=C1CC(C(=O)c2ccc(Cl)cc2)c2c(cc(O)c3c(=O)cc(-c4ccccc4)oc23)O1. The van der Waals surface area contributed by atoms with E-state index in [9.17, 15) is 19.5 Å². The third kappa shape index (κ3) is 3.35. The predicted octanol–water partition coefficient (Wildman–Crippen LogP) is 5.09. The highest BCUT2D eigenvalue weighted by Crippen LogP contribution is 2.44. The van der Waals surface area contributed by atoms with Gasteiger partial charge in [0.05, 0.1) is 17.9 Å². The third-order valence-corrected chi connectivity index (χ3v) is 5.68. The summed E-state index contributed by atoms with van der Waals surface area (Å²) in [5.41, 5.74) is 0.804. The van der Waals surface area contributed by atoms with Gasteiger partial charge < -0.3 is 14.3 Å². The molecule has 0 saturated heterocycles. The summed E-state index contributed by atoms with van der Waals surface area (Å²) in [5.74, 6) is -2.05. The van der Waals surface area contributed by atoms with E-state index in [1.807, 2.05) is 6.07 Å². The monoisotopic (exact) mass is 446 g/mol. The van der Waals surface area contributed by atoms with Crippen molar-refractivity contribution in [3.8, 4) is 22.8 Å². The fourth-order valence-corrected chi connectivity index (χ4v) is 4.07. The standard InChI is InChI=1S/C25H15ClO6/c26-15-8-6-14(7-9-15)24(30)16-10-21(29)31-20-12-18(28)23-17(27)11-19(32-25(23)22(16)20)13-4-2-1-3-5-13/h1-9,11-12,16,28H,10H2. The van der Waals surface area contributed by atoms with E-state index in [0.717, 1.165) is 0 Å². The lowest BCUT2D eigenvalue weighted by atomic mass is 9.84. The van der Waals surface area contributed by atoms with Crippen LogP contribution in [0.2, 0.25) is 5.02 Å². The van der Waals surface area contributed by atoms with E-state index in [1.54, 1.807) is 48.5 Å². The molecule has 0 aliphatic carbocycles. The minimum Gasteiger partial charge on any atom is -0.507 e. The Morgan fingerprint density at radius 3 is 2.44 bits per heavy atom. The van der Waals surface area contributed by atoms with Gasteiger partial charge in [-0.2, -0.15) is 0 Å². The highest BCUT2D eigenvalue weighted by molar-refractivity contribution is 6.30. The molecule has 1 N–H and O–H groups in total. The molecule has 1 aromatic heterocycles. The van der Waals surface area contributed by atoms with Gasteiger partial charge in [-0.25, -0.2) is 0 Å². The predicted molar refractivity (Wildman–Crippen MR) is 118 cm³/mol. The van der Waals surface area contributed by atoms with Gasteiger partial charge in [-0.05, 0) is 24.3 Å². The molecule has 32 heavy (non-hydrogen) atoms. The number of Topliss-reactive ketones (excluding diaryl/α,β-unsaturated/α-hetero) is 1. The number of rotatable bonds is 3. The van der Waals surface area contributed by atoms with Gasteiger partial charge in [-0.1, -0.05) is 41.9 Å². The van der Waals surface area contributed by atoms with Crippen LogP contribution in [0.4, 0.5) is 0 Å². The molecule has 1 aliphatic heterocycles. The topological polar surface area (TPSA) is 93.8 Å². The van der Waals surface area contributed by atoms with E-state index < -0.39 is 17.3 Å². The summed E-state index contributed by atoms with van der Waals surface area (Å²) in [6.07, 6.45) is -0.229. The second kappa shape index (κ2) is 7.66. The molecule has 0 amide bonds. The number of hydrogen-bond donors (Lipinski definition) is 1. The van der Waals surface area contributed by atoms with Gasteiger partial charge in [-0.3, -0.25) is 14.4 Å². The summed E-state index contributed by atoms with van der Waals surface area (Å²) in [6.45, 7) is 0. The zero-order valence-electron chi connectivity index (χ0n) is 16.5. The molecule has 0 radical (unpaired) electrons. The first-order chi connectivity index (χ1) is 15.4. The first-order valence-electron chi connectivity index (χ1n) is 9.82. The molecule has 1 atom stereocenters. The highest BCUT2D eigenvalue weighted by atomic mass is 35.5. The van der Waals surface area contributed by atoms with Crippen LogP contribution in [0.5, 0.6) is 11.5 Å². The second-order valence-corrected chi connectivity index (χ2v) is 7.89. The molecule has 2 heterocycles. The first-order valence-corrected chi connectivity index (χ1v) is 10.2. The third-order valence-electron chi connectivity index (χ3n) is 5.43. The van der Waals surface area contributed by atoms with E-state index >= 15 is 0 Å². The van der Waals surface area contributed by atoms with Crippen LogP contribution in [0.3, 0.4) is 0 Å². The summed E-state index contributed by atoms with van der Waals surface area (Å²) < 4.78 is 11.4. The number of ketones is 1. The Hall–Kier alpha value is -3.90. The van der Waals surface area contributed by atoms with Crippen LogP contribution < -0.4 is 10.2 Å². The number of carbonyl (C=O) groups is 2. The summed E-state index contributed by atoms with van der Waals surface area (Å²) >= 11 is 5.93. The Morgan fingerprint density at radius 2 is 1.72 bits per heavy atom. The quantitative estimate of drug-likeness (QED) is 0.267. The largest absolute Gasteiger partial charge is 0.507 e. The average molecular weight is 447 g/mol. The Kier molecular flexibility index (Phi) is 4.79. The van der Waals surface area contributed by atoms with Crippen LogP contribution in [0.1, 0.15) is 28.3 Å². The molecule has 1 aliphatic rings. The first kappa shape index (κ1) is 20.0. The van der Waals surface area contributed by atoms with Crippen molar-refractivity contribution in [2.24, 2.45) is 0 Å². The van der Waals surface area contributed by atoms with Gasteiger partial charge in [-0.15, -0.1) is 0 Å². The zero-order valence-corrected chi connectivity index (χ0v) is 17.3. The number of carbonyl (C=O) groups excluding carboxylic acids is 2. The maximum atomic E-state index is 13.4. The Balaban J connectivity index is 1.77. The molecule has 7 heteroatoms. The fraction of sp³-hybridized carbons (Fsp3) is 0.0800. The van der Waals surface area contributed by atoms with Crippen molar-refractivity contribution in [1.82, 2.24) is 0 Å². The highest BCUT2D eigenvalue weighted by Gasteiger charge is 2.37. The number of aromatic hydroxyl groups is 1. The van der Waals surface area contributed by atoms with E-state index in [0.29, 0.717) is 16.1 Å². The summed E-state index contributed by atoms with van der Waals surface area (Å²) in [6, 6.07) is 17.7. The summed E-state index contributed by atoms with van der Waals surface area (Å²) in [7, 11) is 0. The average Bonchev–Trinajstić information content (AvgIpc) is 2.78. The van der Waals surface area contributed by atoms with Crippen molar-refractivity contribution >= 4 is 34.3 Å². The number of ether oxygens (including phenoxy) is 1. The number of phenolic OH excluding ortho intramolecular Hbond substituents is 1. The van der Waals surface area contributed by atoms with Crippen molar-refractivity contribution in [3.63, 3.8) is 0 Å². The van der Waals surface area contributed by atoms with Gasteiger partial charge in [0.2, 0.25) is 0 Å². The van der Waals surface area contributed by atoms with Crippen LogP contribution in [0.15, 0.2) is 75.9 Å². The van der Waals surface area contributed by atoms with Crippen LogP contribution in [0, 0.1) is 0 Å². The van der Waals surface area contributed by atoms with Gasteiger partial charge in [0.1, 0.15) is 28.2 Å². The van der Waals surface area contributed by atoms with Crippen molar-refractivity contribution < 1.29 is 23.8 Å². The van der Waals surface area contributed by atoms with Crippen LogP contribution in [-0.2, 0) is 4.79 Å². The molecule has 158 valence electrons. The molecule has 3 aromatic carbocycles. The lowest BCUT2D eigenvalue weighted by Crippen LogP contribution is -2.26.